The van der Waals surface area contributed by atoms with Gasteiger partial charge in [-0.15, -0.1) is 10.2 Å². The molecule has 2 heterocycles. The van der Waals surface area contributed by atoms with Crippen molar-refractivity contribution in [1.82, 2.24) is 15.1 Å². The van der Waals surface area contributed by atoms with Crippen molar-refractivity contribution in [2.45, 2.75) is 13.3 Å². The third-order valence-corrected chi connectivity index (χ3v) is 5.73. The molecule has 0 fully saturated rings. The van der Waals surface area contributed by atoms with Gasteiger partial charge in [-0.1, -0.05) is 19.1 Å². The van der Waals surface area contributed by atoms with Gasteiger partial charge in [-0.05, 0) is 60.7 Å². The Morgan fingerprint density at radius 2 is 1.46 bits per heavy atom. The molecule has 0 unspecified atom stereocenters. The van der Waals surface area contributed by atoms with Crippen LogP contribution in [0.2, 0.25) is 0 Å². The smallest absolute Gasteiger partial charge is 0.323 e. The number of rotatable bonds is 8. The van der Waals surface area contributed by atoms with Crippen molar-refractivity contribution in [3.8, 4) is 17.2 Å². The topological polar surface area (TPSA) is 127 Å². The highest BCUT2D eigenvalue weighted by atomic mass is 16.5. The fourth-order valence-corrected chi connectivity index (χ4v) is 3.83. The van der Waals surface area contributed by atoms with Gasteiger partial charge in [-0.25, -0.2) is 4.79 Å². The minimum atomic E-state index is -0.405. The lowest BCUT2D eigenvalue weighted by molar-refractivity contribution is 0.0631. The van der Waals surface area contributed by atoms with E-state index >= 15 is 0 Å². The first-order chi connectivity index (χ1) is 18.0. The van der Waals surface area contributed by atoms with Crippen LogP contribution in [0.3, 0.4) is 0 Å². The third-order valence-electron chi connectivity index (χ3n) is 5.73. The average molecular weight is 498 g/mol. The number of amides is 4. The Morgan fingerprint density at radius 1 is 0.865 bits per heavy atom. The molecule has 5 rings (SSSR count). The van der Waals surface area contributed by atoms with Crippen molar-refractivity contribution in [2.75, 3.05) is 23.8 Å². The van der Waals surface area contributed by atoms with Crippen LogP contribution in [0.15, 0.2) is 77.2 Å². The van der Waals surface area contributed by atoms with Gasteiger partial charge in [0.25, 0.3) is 11.8 Å². The molecule has 1 aliphatic rings. The first-order valence-corrected chi connectivity index (χ1v) is 11.7. The zero-order valence-corrected chi connectivity index (χ0v) is 19.9. The highest BCUT2D eigenvalue weighted by Crippen LogP contribution is 2.23. The summed E-state index contributed by atoms with van der Waals surface area (Å²) in [4.78, 5) is 38.4. The van der Waals surface area contributed by atoms with Crippen LogP contribution in [0, 0.1) is 0 Å². The monoisotopic (exact) mass is 497 g/mol. The van der Waals surface area contributed by atoms with E-state index in [1.165, 1.54) is 4.90 Å². The van der Waals surface area contributed by atoms with Gasteiger partial charge in [0, 0.05) is 23.4 Å². The fourth-order valence-electron chi connectivity index (χ4n) is 3.83. The van der Waals surface area contributed by atoms with E-state index in [-0.39, 0.29) is 25.0 Å². The number of carbonyl (C=O) groups is 3. The summed E-state index contributed by atoms with van der Waals surface area (Å²) in [5.74, 6) is 0.911. The molecule has 0 saturated heterocycles. The highest BCUT2D eigenvalue weighted by Gasteiger charge is 2.34. The van der Waals surface area contributed by atoms with Crippen molar-refractivity contribution in [1.29, 1.82) is 0 Å². The molecular weight excluding hydrogens is 474 g/mol. The van der Waals surface area contributed by atoms with Crippen LogP contribution < -0.4 is 15.4 Å². The summed E-state index contributed by atoms with van der Waals surface area (Å²) in [6.07, 6.45) is 0.662. The van der Waals surface area contributed by atoms with E-state index < -0.39 is 6.03 Å². The Balaban J connectivity index is 1.09. The van der Waals surface area contributed by atoms with E-state index in [0.717, 1.165) is 5.56 Å². The lowest BCUT2D eigenvalue weighted by Crippen LogP contribution is -2.33. The molecule has 186 valence electrons. The number of fused-ring (bicyclic) bond motifs is 1. The Hall–Kier alpha value is -4.99. The summed E-state index contributed by atoms with van der Waals surface area (Å²) < 4.78 is 11.2. The predicted molar refractivity (Wildman–Crippen MR) is 135 cm³/mol. The molecule has 0 aliphatic carbocycles. The maximum Gasteiger partial charge on any atom is 0.323 e. The Morgan fingerprint density at radius 3 is 2.03 bits per heavy atom. The van der Waals surface area contributed by atoms with E-state index in [0.29, 0.717) is 46.5 Å². The van der Waals surface area contributed by atoms with E-state index in [1.807, 2.05) is 6.92 Å². The fraction of sp³-hybridized carbons (Fsp3) is 0.148. The van der Waals surface area contributed by atoms with Gasteiger partial charge in [-0.2, -0.15) is 0 Å². The van der Waals surface area contributed by atoms with Crippen LogP contribution in [0.4, 0.5) is 16.2 Å². The van der Waals surface area contributed by atoms with Crippen molar-refractivity contribution in [3.05, 3.63) is 89.8 Å². The molecule has 1 aliphatic heterocycles. The van der Waals surface area contributed by atoms with E-state index in [2.05, 4.69) is 20.8 Å². The summed E-state index contributed by atoms with van der Waals surface area (Å²) in [6, 6.07) is 20.2. The molecule has 0 bridgehead atoms. The summed E-state index contributed by atoms with van der Waals surface area (Å²) in [5.41, 5.74) is 2.75. The lowest BCUT2D eigenvalue weighted by atomic mass is 10.1. The number of hydrogen-bond acceptors (Lipinski definition) is 7. The van der Waals surface area contributed by atoms with Crippen molar-refractivity contribution >= 4 is 29.2 Å². The third kappa shape index (κ3) is 5.18. The molecule has 0 spiro atoms. The zero-order chi connectivity index (χ0) is 25.8. The van der Waals surface area contributed by atoms with Crippen LogP contribution >= 0.6 is 0 Å². The second-order valence-corrected chi connectivity index (χ2v) is 8.19. The number of benzene rings is 3. The summed E-state index contributed by atoms with van der Waals surface area (Å²) in [6.45, 7) is 2.22. The first kappa shape index (κ1) is 23.7. The molecule has 4 amide bonds. The van der Waals surface area contributed by atoms with Crippen LogP contribution in [-0.4, -0.2) is 46.1 Å². The summed E-state index contributed by atoms with van der Waals surface area (Å²) >= 11 is 0. The number of urea groups is 1. The Labute approximate surface area is 212 Å². The van der Waals surface area contributed by atoms with Crippen LogP contribution in [0.1, 0.15) is 33.5 Å². The average Bonchev–Trinajstić information content (AvgIpc) is 3.49. The van der Waals surface area contributed by atoms with Gasteiger partial charge in [-0.3, -0.25) is 14.5 Å². The predicted octanol–water partition coefficient (Wildman–Crippen LogP) is 4.62. The van der Waals surface area contributed by atoms with E-state index in [1.54, 1.807) is 72.8 Å². The number of nitrogens with zero attached hydrogens (tertiary/aromatic N) is 3. The van der Waals surface area contributed by atoms with Crippen LogP contribution in [-0.2, 0) is 6.42 Å². The maximum atomic E-state index is 12.4. The normalized spacial score (nSPS) is 12.4. The summed E-state index contributed by atoms with van der Waals surface area (Å²) in [7, 11) is 0. The van der Waals surface area contributed by atoms with E-state index in [9.17, 15) is 14.4 Å². The quantitative estimate of drug-likeness (QED) is 0.340. The molecule has 0 saturated carbocycles. The van der Waals surface area contributed by atoms with Gasteiger partial charge >= 0.3 is 6.03 Å². The standard InChI is InChI=1S/C27H23N5O5/c1-2-23-30-31-24(37-23)17-7-9-18(10-8-17)28-27(35)29-19-11-13-20(14-12-19)36-16-15-32-25(33)21-5-3-4-6-22(21)26(32)34/h3-14H,2,15-16H2,1H3,(H2,28,29,35). The second-order valence-electron chi connectivity index (χ2n) is 8.19. The van der Waals surface area contributed by atoms with Gasteiger partial charge in [0.2, 0.25) is 11.8 Å². The summed E-state index contributed by atoms with van der Waals surface area (Å²) in [5, 5.41) is 13.5. The van der Waals surface area contributed by atoms with E-state index in [4.69, 9.17) is 9.15 Å². The van der Waals surface area contributed by atoms with Crippen molar-refractivity contribution < 1.29 is 23.5 Å². The number of aryl methyl sites for hydroxylation is 1. The first-order valence-electron chi connectivity index (χ1n) is 11.7. The molecule has 10 heteroatoms. The number of aromatic nitrogens is 2. The Kier molecular flexibility index (Phi) is 6.62. The molecular formula is C27H23N5O5. The molecule has 1 aromatic heterocycles. The van der Waals surface area contributed by atoms with Crippen LogP contribution in [0.5, 0.6) is 5.75 Å². The molecule has 3 aromatic carbocycles. The number of nitrogens with one attached hydrogen (secondary N) is 2. The van der Waals surface area contributed by atoms with Crippen LogP contribution in [0.25, 0.3) is 11.5 Å². The van der Waals surface area contributed by atoms with Gasteiger partial charge in [0.15, 0.2) is 0 Å². The molecule has 0 radical (unpaired) electrons. The van der Waals surface area contributed by atoms with Crippen molar-refractivity contribution in [2.24, 2.45) is 0 Å². The van der Waals surface area contributed by atoms with Gasteiger partial charge < -0.3 is 19.8 Å². The number of ether oxygens (including phenoxy) is 1. The minimum Gasteiger partial charge on any atom is -0.492 e. The Bertz CT molecular complexity index is 1410. The maximum absolute atomic E-state index is 12.4. The molecule has 4 aromatic rings. The minimum absolute atomic E-state index is 0.139. The lowest BCUT2D eigenvalue weighted by Gasteiger charge is -2.14. The number of imide groups is 1. The zero-order valence-electron chi connectivity index (χ0n) is 19.9. The molecule has 37 heavy (non-hydrogen) atoms. The molecule has 2 N–H and O–H groups in total. The molecule has 10 nitrogen and oxygen atoms in total. The second kappa shape index (κ2) is 10.3. The van der Waals surface area contributed by atoms with Gasteiger partial charge in [0.1, 0.15) is 12.4 Å². The van der Waals surface area contributed by atoms with Gasteiger partial charge in [0.05, 0.1) is 17.7 Å². The number of anilines is 2. The molecule has 0 atom stereocenters. The number of carbonyl (C=O) groups excluding carboxylic acids is 3. The SMILES string of the molecule is CCc1nnc(-c2ccc(NC(=O)Nc3ccc(OCCN4C(=O)c5ccccc5C4=O)cc3)cc2)o1. The number of hydrogen-bond donors (Lipinski definition) is 2. The highest BCUT2D eigenvalue weighted by molar-refractivity contribution is 6.21. The van der Waals surface area contributed by atoms with Crippen molar-refractivity contribution in [3.63, 3.8) is 0 Å². The largest absolute Gasteiger partial charge is 0.492 e.